The molecule has 2 fully saturated rings. The number of thiocarbonyl (C=S) groups is 1. The predicted molar refractivity (Wildman–Crippen MR) is 151 cm³/mol. The van der Waals surface area contributed by atoms with Gasteiger partial charge in [-0.2, -0.15) is 0 Å². The van der Waals surface area contributed by atoms with Gasteiger partial charge in [0, 0.05) is 44.4 Å². The van der Waals surface area contributed by atoms with Crippen molar-refractivity contribution < 1.29 is 18.7 Å². The zero-order valence-corrected chi connectivity index (χ0v) is 23.5. The van der Waals surface area contributed by atoms with E-state index in [9.17, 15) is 14.0 Å². The van der Waals surface area contributed by atoms with E-state index in [4.69, 9.17) is 17.0 Å². The maximum Gasteiger partial charge on any atom is 0.312 e. The highest BCUT2D eigenvalue weighted by molar-refractivity contribution is 7.80. The van der Waals surface area contributed by atoms with Gasteiger partial charge in [-0.05, 0) is 68.4 Å². The van der Waals surface area contributed by atoms with Crippen molar-refractivity contribution in [3.05, 3.63) is 53.9 Å². The molecule has 0 unspecified atom stereocenters. The fourth-order valence-corrected chi connectivity index (χ4v) is 6.30. The first-order valence-corrected chi connectivity index (χ1v) is 14.5. The van der Waals surface area contributed by atoms with Crippen molar-refractivity contribution in [1.82, 2.24) is 25.5 Å². The molecule has 0 radical (unpaired) electrons. The topological polar surface area (TPSA) is 99.3 Å². The van der Waals surface area contributed by atoms with Crippen molar-refractivity contribution in [3.63, 3.8) is 0 Å². The Hall–Kier alpha value is -3.01. The van der Waals surface area contributed by atoms with Gasteiger partial charge in [-0.15, -0.1) is 0 Å². The summed E-state index contributed by atoms with van der Waals surface area (Å²) in [5.74, 6) is -0.187. The van der Waals surface area contributed by atoms with Crippen LogP contribution in [0, 0.1) is 17.2 Å². The van der Waals surface area contributed by atoms with Crippen molar-refractivity contribution in [2.75, 3.05) is 26.2 Å². The van der Waals surface area contributed by atoms with Crippen molar-refractivity contribution in [1.29, 1.82) is 0 Å². The summed E-state index contributed by atoms with van der Waals surface area (Å²) in [6, 6.07) is 5.56. The number of benzene rings is 1. The molecular weight excluding hydrogens is 517 g/mol. The van der Waals surface area contributed by atoms with E-state index in [2.05, 4.69) is 20.6 Å². The minimum atomic E-state index is -0.618. The van der Waals surface area contributed by atoms with E-state index in [1.165, 1.54) is 18.6 Å². The fraction of sp³-hybridized carbons (Fsp3) is 0.586. The van der Waals surface area contributed by atoms with Crippen LogP contribution in [0.4, 0.5) is 4.39 Å². The third-order valence-electron chi connectivity index (χ3n) is 8.23. The lowest BCUT2D eigenvalue weighted by Crippen LogP contribution is -2.56. The van der Waals surface area contributed by atoms with Gasteiger partial charge in [0.1, 0.15) is 11.9 Å². The quantitative estimate of drug-likeness (QED) is 0.301. The smallest absolute Gasteiger partial charge is 0.312 e. The van der Waals surface area contributed by atoms with E-state index in [0.29, 0.717) is 63.0 Å². The molecule has 4 rings (SSSR count). The number of nitrogens with zero attached hydrogens (tertiary/aromatic N) is 2. The first-order chi connectivity index (χ1) is 18.9. The van der Waals surface area contributed by atoms with E-state index >= 15 is 0 Å². The third-order valence-corrected chi connectivity index (χ3v) is 8.49. The summed E-state index contributed by atoms with van der Waals surface area (Å²) < 4.78 is 19.1. The van der Waals surface area contributed by atoms with Crippen molar-refractivity contribution in [2.24, 2.45) is 11.3 Å². The van der Waals surface area contributed by atoms with Gasteiger partial charge in [-0.1, -0.05) is 31.4 Å². The van der Waals surface area contributed by atoms with Gasteiger partial charge in [-0.3, -0.25) is 9.59 Å². The number of carbonyl (C=O) groups excluding carboxylic acids is 2. The number of hydrogen-bond acceptors (Lipinski definition) is 5. The minimum Gasteiger partial charge on any atom is -0.466 e. The summed E-state index contributed by atoms with van der Waals surface area (Å²) in [6.45, 7) is 3.79. The highest BCUT2D eigenvalue weighted by atomic mass is 32.1. The lowest BCUT2D eigenvalue weighted by Gasteiger charge is -2.46. The molecule has 1 saturated heterocycles. The van der Waals surface area contributed by atoms with E-state index in [-0.39, 0.29) is 17.7 Å². The number of imidazole rings is 1. The SMILES string of the molecule is CCOC(=O)C1(C2CCCCC2)CCN(C(=O)[C@@H](Cc2ccc(F)cc2)NC(=S)NCCc2cnc[nH]2)CC1. The number of likely N-dealkylation sites (tertiary alicyclic amines) is 1. The average Bonchev–Trinajstić information content (AvgIpc) is 3.48. The van der Waals surface area contributed by atoms with Crippen LogP contribution < -0.4 is 10.6 Å². The molecule has 2 aromatic rings. The molecule has 1 aromatic heterocycles. The second-order valence-electron chi connectivity index (χ2n) is 10.6. The lowest BCUT2D eigenvalue weighted by atomic mass is 9.63. The molecule has 2 aliphatic rings. The zero-order valence-electron chi connectivity index (χ0n) is 22.7. The molecule has 0 bridgehead atoms. The van der Waals surface area contributed by atoms with Crippen LogP contribution >= 0.6 is 12.2 Å². The third kappa shape index (κ3) is 7.56. The summed E-state index contributed by atoms with van der Waals surface area (Å²) in [4.78, 5) is 36.0. The molecule has 1 aliphatic carbocycles. The Bertz CT molecular complexity index is 1080. The zero-order chi connectivity index (χ0) is 27.7. The van der Waals surface area contributed by atoms with Crippen LogP contribution in [0.5, 0.6) is 0 Å². The number of piperidine rings is 1. The van der Waals surface area contributed by atoms with Crippen LogP contribution in [0.3, 0.4) is 0 Å². The Balaban J connectivity index is 1.42. The monoisotopic (exact) mass is 557 g/mol. The Morgan fingerprint density at radius 2 is 1.92 bits per heavy atom. The van der Waals surface area contributed by atoms with Gasteiger partial charge >= 0.3 is 5.97 Å². The van der Waals surface area contributed by atoms with Gasteiger partial charge in [0.05, 0.1) is 18.3 Å². The number of esters is 1. The number of ether oxygens (including phenoxy) is 1. The second-order valence-corrected chi connectivity index (χ2v) is 11.1. The normalized spacial score (nSPS) is 18.3. The van der Waals surface area contributed by atoms with Crippen LogP contribution in [0.1, 0.15) is 63.1 Å². The van der Waals surface area contributed by atoms with Gasteiger partial charge in [0.2, 0.25) is 5.91 Å². The van der Waals surface area contributed by atoms with Crippen LogP contribution in [-0.2, 0) is 27.2 Å². The van der Waals surface area contributed by atoms with E-state index in [0.717, 1.165) is 36.9 Å². The highest BCUT2D eigenvalue weighted by Gasteiger charge is 2.49. The molecule has 8 nitrogen and oxygen atoms in total. The Morgan fingerprint density at radius 3 is 2.56 bits per heavy atom. The molecule has 1 aromatic carbocycles. The standard InChI is InChI=1S/C29H40FN5O3S/c1-2-38-27(37)29(22-6-4-3-5-7-22)13-16-35(17-14-29)26(36)25(18-21-8-10-23(30)11-9-21)34-28(39)32-15-12-24-19-31-20-33-24/h8-11,19-20,22,25H,2-7,12-18H2,1H3,(H,31,33)(H2,32,34,39)/t25-/m1/s1. The number of aromatic nitrogens is 2. The predicted octanol–water partition coefficient (Wildman–Crippen LogP) is 3.92. The van der Waals surface area contributed by atoms with E-state index in [1.807, 2.05) is 11.8 Å². The molecule has 1 aliphatic heterocycles. The lowest BCUT2D eigenvalue weighted by molar-refractivity contribution is -0.166. The Kier molecular flexibility index (Phi) is 10.3. The van der Waals surface area contributed by atoms with E-state index in [1.54, 1.807) is 24.7 Å². The number of rotatable bonds is 10. The molecular formula is C29H40FN5O3S. The van der Waals surface area contributed by atoms with Crippen LogP contribution in [-0.4, -0.2) is 64.1 Å². The summed E-state index contributed by atoms with van der Waals surface area (Å²) in [7, 11) is 0. The molecule has 1 amide bonds. The molecule has 3 N–H and O–H groups in total. The first-order valence-electron chi connectivity index (χ1n) is 14.1. The largest absolute Gasteiger partial charge is 0.466 e. The summed E-state index contributed by atoms with van der Waals surface area (Å²) in [5, 5.41) is 6.76. The van der Waals surface area contributed by atoms with Gasteiger partial charge < -0.3 is 25.3 Å². The molecule has 2 heterocycles. The molecule has 1 saturated carbocycles. The molecule has 1 atom stereocenters. The fourth-order valence-electron chi connectivity index (χ4n) is 6.05. The first kappa shape index (κ1) is 29.0. The second kappa shape index (κ2) is 13.9. The summed E-state index contributed by atoms with van der Waals surface area (Å²) in [6.07, 6.45) is 11.3. The summed E-state index contributed by atoms with van der Waals surface area (Å²) in [5.41, 5.74) is 1.31. The number of H-pyrrole nitrogens is 1. The highest BCUT2D eigenvalue weighted by Crippen LogP contribution is 2.46. The molecule has 10 heteroatoms. The van der Waals surface area contributed by atoms with Crippen LogP contribution in [0.25, 0.3) is 0 Å². The molecule has 39 heavy (non-hydrogen) atoms. The van der Waals surface area contributed by atoms with Crippen molar-refractivity contribution >= 4 is 29.2 Å². The Labute approximate surface area is 235 Å². The minimum absolute atomic E-state index is 0.0712. The van der Waals surface area contributed by atoms with Crippen LogP contribution in [0.15, 0.2) is 36.8 Å². The molecule has 212 valence electrons. The van der Waals surface area contributed by atoms with Gasteiger partial charge in [0.15, 0.2) is 5.11 Å². The number of carbonyl (C=O) groups is 2. The van der Waals surface area contributed by atoms with Crippen molar-refractivity contribution in [3.8, 4) is 0 Å². The number of amides is 1. The maximum absolute atomic E-state index is 13.8. The van der Waals surface area contributed by atoms with E-state index < -0.39 is 11.5 Å². The number of aromatic amines is 1. The molecule has 0 spiro atoms. The Morgan fingerprint density at radius 1 is 1.21 bits per heavy atom. The maximum atomic E-state index is 13.8. The number of nitrogens with one attached hydrogen (secondary N) is 3. The number of hydrogen-bond donors (Lipinski definition) is 3. The van der Waals surface area contributed by atoms with Gasteiger partial charge in [-0.25, -0.2) is 9.37 Å². The van der Waals surface area contributed by atoms with Gasteiger partial charge in [0.25, 0.3) is 0 Å². The number of halogens is 1. The van der Waals surface area contributed by atoms with Crippen molar-refractivity contribution in [2.45, 2.75) is 70.8 Å². The average molecular weight is 558 g/mol. The van der Waals surface area contributed by atoms with Crippen LogP contribution in [0.2, 0.25) is 0 Å². The summed E-state index contributed by atoms with van der Waals surface area (Å²) >= 11 is 5.53.